The lowest BCUT2D eigenvalue weighted by molar-refractivity contribution is -0.377. The highest BCUT2D eigenvalue weighted by atomic mass is 32.2. The second-order valence-corrected chi connectivity index (χ2v) is 11.6. The number of pyridine rings is 1. The number of hydrogen-bond acceptors (Lipinski definition) is 5. The summed E-state index contributed by atoms with van der Waals surface area (Å²) in [6, 6.07) is 7.14. The molecule has 0 radical (unpaired) electrons. The molecule has 6 nitrogen and oxygen atoms in total. The first-order valence-corrected chi connectivity index (χ1v) is 13.0. The minimum atomic E-state index is -5.99. The maximum absolute atomic E-state index is 13.1. The van der Waals surface area contributed by atoms with Crippen LogP contribution in [0, 0.1) is 5.41 Å². The topological polar surface area (TPSA) is 73.7 Å². The van der Waals surface area contributed by atoms with Crippen LogP contribution in [-0.2, 0) is 28.6 Å². The van der Waals surface area contributed by atoms with Gasteiger partial charge in [0.25, 0.3) is 5.60 Å². The summed E-state index contributed by atoms with van der Waals surface area (Å²) in [7, 11) is -3.17. The molecule has 3 heterocycles. The van der Waals surface area contributed by atoms with Gasteiger partial charge in [0.2, 0.25) is 10.0 Å². The first-order chi connectivity index (χ1) is 16.5. The molecule has 0 amide bonds. The normalized spacial score (nSPS) is 19.2. The van der Waals surface area contributed by atoms with Crippen molar-refractivity contribution in [1.29, 1.82) is 0 Å². The fraction of sp³-hybridized carbons (Fsp3) is 0.522. The minimum Gasteiger partial charge on any atom is -0.368 e. The molecule has 2 aliphatic rings. The smallest absolute Gasteiger partial charge is 0.368 e. The van der Waals surface area contributed by atoms with Crippen LogP contribution in [-0.4, -0.2) is 72.5 Å². The lowest BCUT2D eigenvalue weighted by atomic mass is 9.74. The third-order valence-corrected chi connectivity index (χ3v) is 8.03. The van der Waals surface area contributed by atoms with Gasteiger partial charge in [0.1, 0.15) is 0 Å². The SMILES string of the molecule is CCc1cc(CN2CC3(C2)CN(S(C)(=O)=O)C3)ccc1-c1ccc(C(O)(C(F)(F)F)C(F)(F)F)nc1. The zero-order valence-corrected chi connectivity index (χ0v) is 20.3. The van der Waals surface area contributed by atoms with Gasteiger partial charge < -0.3 is 5.11 Å². The molecule has 0 unspecified atom stereocenters. The molecule has 2 aliphatic heterocycles. The lowest BCUT2D eigenvalue weighted by Crippen LogP contribution is -2.72. The van der Waals surface area contributed by atoms with Crippen molar-refractivity contribution < 1.29 is 39.9 Å². The van der Waals surface area contributed by atoms with E-state index in [0.29, 0.717) is 43.2 Å². The molecule has 0 aliphatic carbocycles. The number of hydrogen-bond donors (Lipinski definition) is 1. The summed E-state index contributed by atoms with van der Waals surface area (Å²) in [5, 5.41) is 9.53. The van der Waals surface area contributed by atoms with E-state index >= 15 is 0 Å². The molecule has 1 N–H and O–H groups in total. The standard InChI is InChI=1S/C23H25F6N3O3S/c1-3-16-8-15(10-31-11-20(12-31)13-32(14-20)36(2,34)35)4-6-18(16)17-5-7-19(30-9-17)21(33,22(24,25)26)23(27,28)29/h4-9,33H,3,10-14H2,1-2H3. The molecular formula is C23H25F6N3O3S. The van der Waals surface area contributed by atoms with E-state index in [1.165, 1.54) is 10.6 Å². The monoisotopic (exact) mass is 537 g/mol. The summed E-state index contributed by atoms with van der Waals surface area (Å²) in [4.78, 5) is 5.53. The van der Waals surface area contributed by atoms with Gasteiger partial charge in [0.05, 0.1) is 11.9 Å². The molecule has 2 fully saturated rings. The predicted octanol–water partition coefficient (Wildman–Crippen LogP) is 3.70. The van der Waals surface area contributed by atoms with Crippen LogP contribution in [0.4, 0.5) is 26.3 Å². The van der Waals surface area contributed by atoms with Crippen LogP contribution >= 0.6 is 0 Å². The van der Waals surface area contributed by atoms with E-state index in [1.807, 2.05) is 19.1 Å². The molecule has 0 atom stereocenters. The zero-order chi connectivity index (χ0) is 26.7. The molecule has 36 heavy (non-hydrogen) atoms. The first kappa shape index (κ1) is 26.8. The van der Waals surface area contributed by atoms with Gasteiger partial charge in [-0.25, -0.2) is 12.7 Å². The lowest BCUT2D eigenvalue weighted by Gasteiger charge is -2.59. The van der Waals surface area contributed by atoms with Crippen molar-refractivity contribution in [3.8, 4) is 11.1 Å². The first-order valence-electron chi connectivity index (χ1n) is 11.1. The quantitative estimate of drug-likeness (QED) is 0.569. The third-order valence-electron chi connectivity index (χ3n) is 6.83. The number of halogens is 6. The second-order valence-electron chi connectivity index (χ2n) is 9.66. The molecule has 1 aromatic heterocycles. The van der Waals surface area contributed by atoms with Crippen LogP contribution in [0.15, 0.2) is 36.5 Å². The Hall–Kier alpha value is -2.22. The molecule has 198 valence electrons. The van der Waals surface area contributed by atoms with Crippen molar-refractivity contribution in [2.24, 2.45) is 5.41 Å². The number of aliphatic hydroxyl groups is 1. The average Bonchev–Trinajstić information content (AvgIpc) is 2.71. The molecule has 0 saturated carbocycles. The Morgan fingerprint density at radius 1 is 1.00 bits per heavy atom. The number of nitrogens with zero attached hydrogens (tertiary/aromatic N) is 3. The van der Waals surface area contributed by atoms with Crippen molar-refractivity contribution in [3.63, 3.8) is 0 Å². The van der Waals surface area contributed by atoms with E-state index in [4.69, 9.17) is 0 Å². The van der Waals surface area contributed by atoms with E-state index in [0.717, 1.165) is 36.5 Å². The van der Waals surface area contributed by atoms with Crippen LogP contribution in [0.1, 0.15) is 23.7 Å². The highest BCUT2D eigenvalue weighted by Crippen LogP contribution is 2.49. The molecule has 4 rings (SSSR count). The number of aryl methyl sites for hydroxylation is 1. The summed E-state index contributed by atoms with van der Waals surface area (Å²) >= 11 is 0. The summed E-state index contributed by atoms with van der Waals surface area (Å²) in [6.07, 6.45) is -9.33. The Morgan fingerprint density at radius 2 is 1.61 bits per heavy atom. The van der Waals surface area contributed by atoms with E-state index in [2.05, 4.69) is 9.88 Å². The van der Waals surface area contributed by atoms with Crippen LogP contribution in [0.3, 0.4) is 0 Å². The number of likely N-dealkylation sites (tertiary alicyclic amines) is 1. The summed E-state index contributed by atoms with van der Waals surface area (Å²) in [5.41, 5.74) is -3.85. The van der Waals surface area contributed by atoms with Crippen LogP contribution < -0.4 is 0 Å². The van der Waals surface area contributed by atoms with E-state index in [-0.39, 0.29) is 5.41 Å². The second kappa shape index (κ2) is 8.67. The Labute approximate surface area is 204 Å². The van der Waals surface area contributed by atoms with Gasteiger partial charge >= 0.3 is 12.4 Å². The van der Waals surface area contributed by atoms with Crippen LogP contribution in [0.5, 0.6) is 0 Å². The van der Waals surface area contributed by atoms with Gasteiger partial charge in [-0.15, -0.1) is 0 Å². The van der Waals surface area contributed by atoms with Crippen molar-refractivity contribution in [2.75, 3.05) is 32.4 Å². The van der Waals surface area contributed by atoms with Crippen molar-refractivity contribution in [1.82, 2.24) is 14.2 Å². The van der Waals surface area contributed by atoms with E-state index in [9.17, 15) is 39.9 Å². The predicted molar refractivity (Wildman–Crippen MR) is 119 cm³/mol. The van der Waals surface area contributed by atoms with Gasteiger partial charge in [-0.05, 0) is 29.2 Å². The Bertz CT molecular complexity index is 1220. The number of alkyl halides is 6. The van der Waals surface area contributed by atoms with Crippen molar-refractivity contribution >= 4 is 10.0 Å². The third kappa shape index (κ3) is 4.61. The molecule has 1 spiro atoms. The summed E-state index contributed by atoms with van der Waals surface area (Å²) in [6.45, 7) is 5.09. The average molecular weight is 538 g/mol. The summed E-state index contributed by atoms with van der Waals surface area (Å²) < 4.78 is 103. The number of sulfonamides is 1. The van der Waals surface area contributed by atoms with Gasteiger partial charge in [-0.2, -0.15) is 26.3 Å². The maximum Gasteiger partial charge on any atom is 0.432 e. The largest absolute Gasteiger partial charge is 0.432 e. The Balaban J connectivity index is 1.48. The Kier molecular flexibility index (Phi) is 6.47. The highest BCUT2D eigenvalue weighted by molar-refractivity contribution is 7.88. The summed E-state index contributed by atoms with van der Waals surface area (Å²) in [5.74, 6) is 0. The number of rotatable bonds is 6. The molecule has 2 aromatic rings. The van der Waals surface area contributed by atoms with Crippen LogP contribution in [0.25, 0.3) is 11.1 Å². The van der Waals surface area contributed by atoms with Gasteiger partial charge in [-0.3, -0.25) is 9.88 Å². The molecule has 2 saturated heterocycles. The molecular weight excluding hydrogens is 512 g/mol. The van der Waals surface area contributed by atoms with Gasteiger partial charge in [0, 0.05) is 49.9 Å². The van der Waals surface area contributed by atoms with E-state index < -0.39 is 33.7 Å². The van der Waals surface area contributed by atoms with Gasteiger partial charge in [-0.1, -0.05) is 31.2 Å². The van der Waals surface area contributed by atoms with Crippen molar-refractivity contribution in [2.45, 2.75) is 37.8 Å². The maximum atomic E-state index is 13.1. The van der Waals surface area contributed by atoms with Crippen molar-refractivity contribution in [3.05, 3.63) is 53.3 Å². The molecule has 13 heteroatoms. The highest BCUT2D eigenvalue weighted by Gasteiger charge is 2.72. The van der Waals surface area contributed by atoms with Crippen LogP contribution in [0.2, 0.25) is 0 Å². The Morgan fingerprint density at radius 3 is 2.08 bits per heavy atom. The number of benzene rings is 1. The fourth-order valence-electron chi connectivity index (χ4n) is 4.95. The van der Waals surface area contributed by atoms with Gasteiger partial charge in [0.15, 0.2) is 0 Å². The number of aromatic nitrogens is 1. The zero-order valence-electron chi connectivity index (χ0n) is 19.5. The fourth-order valence-corrected chi connectivity index (χ4v) is 5.96. The molecule has 0 bridgehead atoms. The van der Waals surface area contributed by atoms with E-state index in [1.54, 1.807) is 6.07 Å². The minimum absolute atomic E-state index is 0.00121. The molecule has 1 aromatic carbocycles.